The average Bonchev–Trinajstić information content (AvgIpc) is 2.10. The van der Waals surface area contributed by atoms with Crippen LogP contribution in [0, 0.1) is 2.88 Å². The van der Waals surface area contributed by atoms with Crippen molar-refractivity contribution in [3.8, 4) is 0 Å². The molecular weight excluding hydrogens is 270 g/mol. The van der Waals surface area contributed by atoms with Crippen LogP contribution in [0.25, 0.3) is 0 Å². The Bertz CT molecular complexity index is 212. The molecule has 1 heterocycles. The van der Waals surface area contributed by atoms with E-state index in [0.29, 0.717) is 4.47 Å². The minimum atomic E-state index is 0.587. The van der Waals surface area contributed by atoms with E-state index in [1.165, 1.54) is 11.3 Å². The highest BCUT2D eigenvalue weighted by atomic mass is 127. The lowest BCUT2D eigenvalue weighted by Gasteiger charge is -1.89. The van der Waals surface area contributed by atoms with Gasteiger partial charge in [0.2, 0.25) is 0 Å². The van der Waals surface area contributed by atoms with Crippen molar-refractivity contribution < 1.29 is 0 Å². The Morgan fingerprint density at radius 2 is 2.44 bits per heavy atom. The molecule has 0 aliphatic heterocycles. The van der Waals surface area contributed by atoms with Gasteiger partial charge >= 0.3 is 0 Å². The van der Waals surface area contributed by atoms with Crippen LogP contribution in [0.3, 0.4) is 0 Å². The molecule has 0 aliphatic carbocycles. The molecule has 0 aliphatic rings. The summed E-state index contributed by atoms with van der Waals surface area (Å²) in [5, 5.41) is 2.92. The smallest absolute Gasteiger partial charge is 0.186 e. The lowest BCUT2D eigenvalue weighted by molar-refractivity contribution is 1.34. The molecule has 2 nitrogen and oxygen atoms in total. The minimum absolute atomic E-state index is 0.587. The molecule has 0 bridgehead atoms. The van der Waals surface area contributed by atoms with Crippen molar-refractivity contribution >= 4 is 51.3 Å². The monoisotopic (exact) mass is 274 g/mol. The fourth-order valence-corrected chi connectivity index (χ4v) is 2.68. The molecule has 1 aromatic rings. The SMILES string of the molecule is CNc1nc(Cl)sc1I. The molecule has 5 heteroatoms. The van der Waals surface area contributed by atoms with E-state index in [0.717, 1.165) is 8.70 Å². The van der Waals surface area contributed by atoms with Gasteiger partial charge in [0.05, 0.1) is 0 Å². The van der Waals surface area contributed by atoms with Crippen molar-refractivity contribution in [1.82, 2.24) is 4.98 Å². The van der Waals surface area contributed by atoms with Crippen molar-refractivity contribution in [1.29, 1.82) is 0 Å². The lowest BCUT2D eigenvalue weighted by Crippen LogP contribution is -1.88. The number of hydrogen-bond acceptors (Lipinski definition) is 3. The molecule has 9 heavy (non-hydrogen) atoms. The first-order valence-electron chi connectivity index (χ1n) is 2.23. The molecule has 0 amide bonds. The van der Waals surface area contributed by atoms with Gasteiger partial charge in [-0.3, -0.25) is 0 Å². The van der Waals surface area contributed by atoms with E-state index >= 15 is 0 Å². The summed E-state index contributed by atoms with van der Waals surface area (Å²) in [5.41, 5.74) is 0. The number of rotatable bonds is 1. The first-order valence-corrected chi connectivity index (χ1v) is 4.51. The Morgan fingerprint density at radius 1 is 1.78 bits per heavy atom. The Labute approximate surface area is 75.8 Å². The van der Waals surface area contributed by atoms with Crippen molar-refractivity contribution in [3.63, 3.8) is 0 Å². The van der Waals surface area contributed by atoms with Crippen molar-refractivity contribution in [2.24, 2.45) is 0 Å². The highest BCUT2D eigenvalue weighted by Crippen LogP contribution is 2.27. The van der Waals surface area contributed by atoms with E-state index in [4.69, 9.17) is 11.6 Å². The fourth-order valence-electron chi connectivity index (χ4n) is 0.431. The molecule has 0 radical (unpaired) electrons. The summed E-state index contributed by atoms with van der Waals surface area (Å²) in [6, 6.07) is 0. The Morgan fingerprint density at radius 3 is 2.67 bits per heavy atom. The second kappa shape index (κ2) is 3.03. The number of aromatic nitrogens is 1. The van der Waals surface area contributed by atoms with E-state index in [1.807, 2.05) is 7.05 Å². The second-order valence-electron chi connectivity index (χ2n) is 1.34. The maximum absolute atomic E-state index is 5.61. The average molecular weight is 275 g/mol. The number of nitrogens with zero attached hydrogens (tertiary/aromatic N) is 1. The third kappa shape index (κ3) is 1.68. The Kier molecular flexibility index (Phi) is 2.54. The molecule has 0 aromatic carbocycles. The van der Waals surface area contributed by atoms with Crippen molar-refractivity contribution in [2.75, 3.05) is 12.4 Å². The van der Waals surface area contributed by atoms with Gasteiger partial charge in [0, 0.05) is 7.05 Å². The van der Waals surface area contributed by atoms with Gasteiger partial charge in [-0.25, -0.2) is 4.98 Å². The Balaban J connectivity index is 3.01. The highest BCUT2D eigenvalue weighted by Gasteiger charge is 2.02. The van der Waals surface area contributed by atoms with Crippen LogP contribution >= 0.6 is 45.5 Å². The van der Waals surface area contributed by atoms with Crippen LogP contribution in [0.2, 0.25) is 4.47 Å². The zero-order valence-electron chi connectivity index (χ0n) is 4.61. The van der Waals surface area contributed by atoms with Crippen LogP contribution in [0.15, 0.2) is 0 Å². The zero-order valence-corrected chi connectivity index (χ0v) is 8.34. The number of nitrogens with one attached hydrogen (secondary N) is 1. The predicted molar refractivity (Wildman–Crippen MR) is 49.4 cm³/mol. The van der Waals surface area contributed by atoms with Crippen molar-refractivity contribution in [3.05, 3.63) is 7.35 Å². The van der Waals surface area contributed by atoms with Gasteiger partial charge in [-0.1, -0.05) is 22.9 Å². The van der Waals surface area contributed by atoms with Crippen LogP contribution in [-0.4, -0.2) is 12.0 Å². The number of thiazole rings is 1. The minimum Gasteiger partial charge on any atom is -0.372 e. The third-order valence-corrected chi connectivity index (χ3v) is 2.92. The number of hydrogen-bond donors (Lipinski definition) is 1. The molecule has 0 unspecified atom stereocenters. The van der Waals surface area contributed by atoms with E-state index in [1.54, 1.807) is 0 Å². The highest BCUT2D eigenvalue weighted by molar-refractivity contribution is 14.1. The summed E-state index contributed by atoms with van der Waals surface area (Å²) in [6.45, 7) is 0. The van der Waals surface area contributed by atoms with E-state index in [9.17, 15) is 0 Å². The molecule has 0 saturated carbocycles. The third-order valence-electron chi connectivity index (χ3n) is 0.797. The van der Waals surface area contributed by atoms with Gasteiger partial charge in [0.15, 0.2) is 10.3 Å². The summed E-state index contributed by atoms with van der Waals surface area (Å²) in [4.78, 5) is 3.99. The van der Waals surface area contributed by atoms with E-state index < -0.39 is 0 Å². The van der Waals surface area contributed by atoms with Gasteiger partial charge in [0.25, 0.3) is 0 Å². The molecule has 1 aromatic heterocycles. The van der Waals surface area contributed by atoms with Gasteiger partial charge < -0.3 is 5.32 Å². The van der Waals surface area contributed by atoms with Crippen LogP contribution in [0.5, 0.6) is 0 Å². The van der Waals surface area contributed by atoms with E-state index in [2.05, 4.69) is 32.9 Å². The zero-order chi connectivity index (χ0) is 6.85. The number of halogens is 2. The first kappa shape index (κ1) is 7.56. The topological polar surface area (TPSA) is 24.9 Å². The quantitative estimate of drug-likeness (QED) is 0.796. The molecule has 0 atom stereocenters. The molecule has 0 spiro atoms. The maximum Gasteiger partial charge on any atom is 0.186 e. The summed E-state index contributed by atoms with van der Waals surface area (Å²) >= 11 is 9.27. The van der Waals surface area contributed by atoms with Crippen molar-refractivity contribution in [2.45, 2.75) is 0 Å². The van der Waals surface area contributed by atoms with Crippen LogP contribution in [0.4, 0.5) is 5.82 Å². The summed E-state index contributed by atoms with van der Waals surface area (Å²) < 4.78 is 1.68. The van der Waals surface area contributed by atoms with Gasteiger partial charge in [-0.2, -0.15) is 0 Å². The van der Waals surface area contributed by atoms with Crippen LogP contribution in [-0.2, 0) is 0 Å². The first-order chi connectivity index (χ1) is 4.24. The van der Waals surface area contributed by atoms with Gasteiger partial charge in [0.1, 0.15) is 2.88 Å². The molecular formula is C4H4ClIN2S. The second-order valence-corrected chi connectivity index (χ2v) is 4.73. The van der Waals surface area contributed by atoms with Gasteiger partial charge in [-0.05, 0) is 22.6 Å². The molecule has 1 N–H and O–H groups in total. The predicted octanol–water partition coefficient (Wildman–Crippen LogP) is 2.44. The molecule has 0 saturated heterocycles. The van der Waals surface area contributed by atoms with Crippen LogP contribution < -0.4 is 5.32 Å². The lowest BCUT2D eigenvalue weighted by atomic mass is 10.8. The van der Waals surface area contributed by atoms with Crippen LogP contribution in [0.1, 0.15) is 0 Å². The molecule has 1 rings (SSSR count). The maximum atomic E-state index is 5.61. The fraction of sp³-hybridized carbons (Fsp3) is 0.250. The summed E-state index contributed by atoms with van der Waals surface area (Å²) in [6.07, 6.45) is 0. The normalized spacial score (nSPS) is 9.67. The summed E-state index contributed by atoms with van der Waals surface area (Å²) in [5.74, 6) is 0.866. The standard InChI is InChI=1S/C4H4ClIN2S/c1-7-3-2(6)9-4(5)8-3/h7H,1H3. The molecule has 0 fully saturated rings. The number of anilines is 1. The summed E-state index contributed by atoms with van der Waals surface area (Å²) in [7, 11) is 1.83. The Hall–Kier alpha value is 0.450. The van der Waals surface area contributed by atoms with E-state index in [-0.39, 0.29) is 0 Å². The largest absolute Gasteiger partial charge is 0.372 e. The van der Waals surface area contributed by atoms with Gasteiger partial charge in [-0.15, -0.1) is 0 Å². The molecule has 50 valence electrons.